The van der Waals surface area contributed by atoms with Crippen LogP contribution in [0.1, 0.15) is 5.69 Å². The minimum Gasteiger partial charge on any atom is -0.494 e. The fourth-order valence-electron chi connectivity index (χ4n) is 2.86. The Morgan fingerprint density at radius 2 is 1.90 bits per heavy atom. The van der Waals surface area contributed by atoms with Crippen molar-refractivity contribution in [3.8, 4) is 11.6 Å². The lowest BCUT2D eigenvalue weighted by molar-refractivity contribution is -0.141. The van der Waals surface area contributed by atoms with E-state index in [2.05, 4.69) is 25.1 Å². The Morgan fingerprint density at radius 3 is 2.52 bits per heavy atom. The smallest absolute Gasteiger partial charge is 0.435 e. The Morgan fingerprint density at radius 1 is 1.13 bits per heavy atom. The summed E-state index contributed by atoms with van der Waals surface area (Å²) in [4.78, 5) is 3.70. The molecule has 0 spiro atoms. The van der Waals surface area contributed by atoms with Gasteiger partial charge in [-0.2, -0.15) is 18.3 Å². The number of benzene rings is 1. The number of aryl methyl sites for hydroxylation is 1. The van der Waals surface area contributed by atoms with E-state index in [1.54, 1.807) is 19.2 Å². The van der Waals surface area contributed by atoms with Crippen LogP contribution in [0, 0.1) is 0 Å². The Bertz CT molecular complexity index is 1360. The molecule has 4 rings (SSSR count). The maximum atomic E-state index is 12.9. The number of hydrogen-bond donors (Lipinski definition) is 1. The minimum absolute atomic E-state index is 0.0185. The molecule has 0 saturated carbocycles. The van der Waals surface area contributed by atoms with Gasteiger partial charge in [0.15, 0.2) is 11.5 Å². The molecule has 0 bridgehead atoms. The largest absolute Gasteiger partial charge is 0.494 e. The number of aromatic nitrogens is 6. The summed E-state index contributed by atoms with van der Waals surface area (Å²) in [5.41, 5.74) is -0.0894. The van der Waals surface area contributed by atoms with Crippen LogP contribution >= 0.6 is 0 Å². The lowest BCUT2D eigenvalue weighted by Gasteiger charge is -2.13. The Hall–Kier alpha value is -3.68. The summed E-state index contributed by atoms with van der Waals surface area (Å²) in [6, 6.07) is 6.42. The summed E-state index contributed by atoms with van der Waals surface area (Å²) in [6.07, 6.45) is -2.50. The van der Waals surface area contributed by atoms with E-state index in [9.17, 15) is 21.6 Å². The molecular weight excluding hydrogens is 439 g/mol. The first-order valence-electron chi connectivity index (χ1n) is 8.58. The summed E-state index contributed by atoms with van der Waals surface area (Å²) in [5, 5.41) is 11.2. The van der Waals surface area contributed by atoms with Crippen molar-refractivity contribution in [3.05, 3.63) is 48.4 Å². The zero-order valence-electron chi connectivity index (χ0n) is 16.0. The molecule has 0 unspecified atom stereocenters. The summed E-state index contributed by atoms with van der Waals surface area (Å²) in [6.45, 7) is 0. The molecule has 1 aromatic carbocycles. The van der Waals surface area contributed by atoms with Gasteiger partial charge in [-0.25, -0.2) is 22.8 Å². The van der Waals surface area contributed by atoms with Crippen molar-refractivity contribution in [1.82, 2.24) is 29.8 Å². The number of fused-ring (bicyclic) bond motifs is 1. The number of methoxy groups -OCH3 is 1. The van der Waals surface area contributed by atoms with Crippen LogP contribution in [0.15, 0.2) is 47.6 Å². The number of hydrogen-bond acceptors (Lipinski definition) is 7. The van der Waals surface area contributed by atoms with E-state index in [1.807, 2.05) is 0 Å². The number of pyridine rings is 1. The lowest BCUT2D eigenvalue weighted by Crippen LogP contribution is -2.15. The van der Waals surface area contributed by atoms with Gasteiger partial charge in [-0.3, -0.25) is 4.72 Å². The monoisotopic (exact) mass is 453 g/mol. The van der Waals surface area contributed by atoms with Crippen LogP contribution in [0.2, 0.25) is 0 Å². The molecule has 0 amide bonds. The summed E-state index contributed by atoms with van der Waals surface area (Å²) in [5.74, 6) is 0.271. The van der Waals surface area contributed by atoms with E-state index in [0.29, 0.717) is 11.0 Å². The maximum Gasteiger partial charge on any atom is 0.435 e. The second kappa shape index (κ2) is 7.23. The first-order chi connectivity index (χ1) is 14.6. The molecule has 0 saturated heterocycles. The number of halogens is 3. The normalized spacial score (nSPS) is 12.3. The highest BCUT2D eigenvalue weighted by Crippen LogP contribution is 2.34. The van der Waals surface area contributed by atoms with Crippen molar-refractivity contribution in [2.24, 2.45) is 7.05 Å². The van der Waals surface area contributed by atoms with Crippen LogP contribution in [0.4, 0.5) is 18.9 Å². The number of nitrogens with one attached hydrogen (secondary N) is 1. The van der Waals surface area contributed by atoms with Crippen LogP contribution in [-0.4, -0.2) is 45.3 Å². The second-order valence-electron chi connectivity index (χ2n) is 6.32. The molecule has 10 nitrogen and oxygen atoms in total. The number of ether oxygens (including phenoxy) is 1. The predicted molar refractivity (Wildman–Crippen MR) is 102 cm³/mol. The first kappa shape index (κ1) is 20.6. The van der Waals surface area contributed by atoms with Gasteiger partial charge in [-0.1, -0.05) is 5.21 Å². The summed E-state index contributed by atoms with van der Waals surface area (Å²) in [7, 11) is -1.13. The third-order valence-electron chi connectivity index (χ3n) is 4.33. The lowest BCUT2D eigenvalue weighted by atomic mass is 10.2. The first-order valence-corrected chi connectivity index (χ1v) is 10.1. The number of nitrogens with zero attached hydrogens (tertiary/aromatic N) is 6. The van der Waals surface area contributed by atoms with E-state index >= 15 is 0 Å². The molecule has 162 valence electrons. The Balaban J connectivity index is 1.67. The fourth-order valence-corrected chi connectivity index (χ4v) is 3.88. The molecule has 3 aromatic heterocycles. The third-order valence-corrected chi connectivity index (χ3v) is 5.67. The average Bonchev–Trinajstić information content (AvgIpc) is 3.36. The molecule has 4 aromatic rings. The highest BCUT2D eigenvalue weighted by atomic mass is 32.2. The van der Waals surface area contributed by atoms with Crippen LogP contribution < -0.4 is 9.46 Å². The minimum atomic E-state index is -4.60. The van der Waals surface area contributed by atoms with Crippen molar-refractivity contribution >= 4 is 26.7 Å². The zero-order chi connectivity index (χ0) is 22.4. The number of alkyl halides is 3. The van der Waals surface area contributed by atoms with Crippen molar-refractivity contribution in [1.29, 1.82) is 0 Å². The molecule has 14 heteroatoms. The van der Waals surface area contributed by atoms with Crippen molar-refractivity contribution in [3.63, 3.8) is 0 Å². The molecule has 0 atom stereocenters. The Labute approximate surface area is 173 Å². The van der Waals surface area contributed by atoms with Crippen LogP contribution in [0.5, 0.6) is 5.75 Å². The summed E-state index contributed by atoms with van der Waals surface area (Å²) >= 11 is 0. The molecule has 1 N–H and O–H groups in total. The van der Waals surface area contributed by atoms with E-state index in [0.717, 1.165) is 23.1 Å². The van der Waals surface area contributed by atoms with E-state index < -0.39 is 21.9 Å². The molecule has 3 heterocycles. The van der Waals surface area contributed by atoms with Crippen LogP contribution in [0.3, 0.4) is 0 Å². The van der Waals surface area contributed by atoms with Gasteiger partial charge in [0, 0.05) is 19.4 Å². The number of anilines is 1. The molecule has 31 heavy (non-hydrogen) atoms. The van der Waals surface area contributed by atoms with E-state index in [1.165, 1.54) is 23.9 Å². The van der Waals surface area contributed by atoms with Crippen LogP contribution in [-0.2, 0) is 23.2 Å². The molecule has 0 aliphatic heterocycles. The van der Waals surface area contributed by atoms with Gasteiger partial charge in [-0.15, -0.1) is 5.10 Å². The highest BCUT2D eigenvalue weighted by Gasteiger charge is 2.33. The second-order valence-corrected chi connectivity index (χ2v) is 8.01. The van der Waals surface area contributed by atoms with Crippen molar-refractivity contribution in [2.45, 2.75) is 11.1 Å². The zero-order valence-corrected chi connectivity index (χ0v) is 16.8. The average molecular weight is 453 g/mol. The van der Waals surface area contributed by atoms with Gasteiger partial charge in [0.25, 0.3) is 10.0 Å². The quantitative estimate of drug-likeness (QED) is 0.493. The molecule has 0 radical (unpaired) electrons. The SMILES string of the molecule is COc1ccc2nnn(C)c2c1NS(=O)(=O)c1ccc(-n2ccc(C(F)(F)F)n2)nc1. The van der Waals surface area contributed by atoms with E-state index in [-0.39, 0.29) is 22.2 Å². The van der Waals surface area contributed by atoms with Gasteiger partial charge in [0.1, 0.15) is 27.4 Å². The Kier molecular flexibility index (Phi) is 4.80. The maximum absolute atomic E-state index is 12.9. The van der Waals surface area contributed by atoms with Gasteiger partial charge >= 0.3 is 6.18 Å². The number of rotatable bonds is 5. The third kappa shape index (κ3) is 3.76. The fraction of sp³-hybridized carbons (Fsp3) is 0.176. The molecule has 0 aliphatic carbocycles. The van der Waals surface area contributed by atoms with E-state index in [4.69, 9.17) is 4.74 Å². The van der Waals surface area contributed by atoms with Crippen molar-refractivity contribution < 1.29 is 26.3 Å². The standard InChI is InChI=1S/C17H14F3N7O3S/c1-26-16-11(22-25-26)4-5-12(30-2)15(16)24-31(28,29)10-3-6-14(21-9-10)27-8-7-13(23-27)17(18,19)20/h3-9,24H,1-2H3. The van der Waals surface area contributed by atoms with Gasteiger partial charge < -0.3 is 4.74 Å². The predicted octanol–water partition coefficient (Wildman–Crippen LogP) is 2.38. The van der Waals surface area contributed by atoms with Gasteiger partial charge in [-0.05, 0) is 30.3 Å². The number of sulfonamides is 1. The molecule has 0 aliphatic rings. The van der Waals surface area contributed by atoms with Gasteiger partial charge in [0.2, 0.25) is 0 Å². The van der Waals surface area contributed by atoms with Gasteiger partial charge in [0.05, 0.1) is 7.11 Å². The summed E-state index contributed by atoms with van der Waals surface area (Å²) < 4.78 is 73.9. The molecule has 0 fully saturated rings. The molecular formula is C17H14F3N7O3S. The van der Waals surface area contributed by atoms with Crippen molar-refractivity contribution in [2.75, 3.05) is 11.8 Å². The van der Waals surface area contributed by atoms with Crippen LogP contribution in [0.25, 0.3) is 16.9 Å². The highest BCUT2D eigenvalue weighted by molar-refractivity contribution is 7.92. The topological polar surface area (TPSA) is 117 Å².